The Morgan fingerprint density at radius 1 is 1.20 bits per heavy atom. The number of hydrogen-bond acceptors (Lipinski definition) is 4. The monoisotopic (exact) mass is 401 g/mol. The summed E-state index contributed by atoms with van der Waals surface area (Å²) in [7, 11) is -3.86. The molecule has 0 radical (unpaired) electrons. The summed E-state index contributed by atoms with van der Waals surface area (Å²) in [6.45, 7) is 1.20. The first-order valence-corrected chi connectivity index (χ1v) is 10.0. The maximum absolute atomic E-state index is 12.5. The van der Waals surface area contributed by atoms with Crippen molar-refractivity contribution in [1.82, 2.24) is 0 Å². The summed E-state index contributed by atoms with van der Waals surface area (Å²) in [4.78, 5) is -0.0765. The normalized spacial score (nSPS) is 17.4. The number of anilines is 1. The van der Waals surface area contributed by atoms with Gasteiger partial charge in [-0.05, 0) is 43.2 Å². The minimum absolute atomic E-state index is 0.0765. The van der Waals surface area contributed by atoms with Gasteiger partial charge in [-0.25, -0.2) is 8.42 Å². The number of hydrogen-bond donors (Lipinski definition) is 1. The van der Waals surface area contributed by atoms with Gasteiger partial charge in [-0.1, -0.05) is 29.3 Å². The van der Waals surface area contributed by atoms with Gasteiger partial charge in [-0.3, -0.25) is 4.72 Å². The highest BCUT2D eigenvalue weighted by atomic mass is 35.5. The zero-order chi connectivity index (χ0) is 17.9. The van der Waals surface area contributed by atoms with Crippen LogP contribution in [0.4, 0.5) is 5.69 Å². The van der Waals surface area contributed by atoms with Gasteiger partial charge in [0.15, 0.2) is 0 Å². The second kappa shape index (κ2) is 7.83. The lowest BCUT2D eigenvalue weighted by atomic mass is 10.2. The molecule has 2 aromatic rings. The van der Waals surface area contributed by atoms with E-state index in [2.05, 4.69) is 4.72 Å². The van der Waals surface area contributed by atoms with Crippen LogP contribution >= 0.6 is 23.2 Å². The van der Waals surface area contributed by atoms with Gasteiger partial charge < -0.3 is 9.47 Å². The quantitative estimate of drug-likeness (QED) is 0.780. The maximum atomic E-state index is 12.5. The van der Waals surface area contributed by atoms with Gasteiger partial charge in [0.05, 0.1) is 16.8 Å². The molecule has 5 nitrogen and oxygen atoms in total. The number of nitrogens with one attached hydrogen (secondary N) is 1. The molecule has 0 spiro atoms. The van der Waals surface area contributed by atoms with Crippen molar-refractivity contribution in [1.29, 1.82) is 0 Å². The lowest BCUT2D eigenvalue weighted by molar-refractivity contribution is 0.0680. The van der Waals surface area contributed by atoms with Gasteiger partial charge in [0, 0.05) is 17.7 Å². The van der Waals surface area contributed by atoms with E-state index in [0.29, 0.717) is 23.1 Å². The van der Waals surface area contributed by atoms with Crippen LogP contribution in [0.5, 0.6) is 5.75 Å². The Morgan fingerprint density at radius 3 is 2.80 bits per heavy atom. The Kier molecular flexibility index (Phi) is 5.74. The van der Waals surface area contributed by atoms with Crippen molar-refractivity contribution < 1.29 is 17.9 Å². The highest BCUT2D eigenvalue weighted by molar-refractivity contribution is 7.92. The molecule has 0 saturated carbocycles. The van der Waals surface area contributed by atoms with Gasteiger partial charge in [-0.15, -0.1) is 0 Å². The standard InChI is InChI=1S/C17H17Cl2NO4S/c18-12-6-7-16(19)17(9-12)25(21,22)20-13-3-1-4-14(10-13)24-11-15-5-2-8-23-15/h1,3-4,6-7,9-10,15,20H,2,5,8,11H2/t15-/m1/s1. The van der Waals surface area contributed by atoms with Crippen LogP contribution in [0.15, 0.2) is 47.4 Å². The zero-order valence-electron chi connectivity index (χ0n) is 13.2. The molecule has 1 atom stereocenters. The van der Waals surface area contributed by atoms with Gasteiger partial charge >= 0.3 is 0 Å². The molecule has 0 bridgehead atoms. The molecule has 1 N–H and O–H groups in total. The largest absolute Gasteiger partial charge is 0.491 e. The van der Waals surface area contributed by atoms with Crippen LogP contribution in [0.2, 0.25) is 10.0 Å². The summed E-state index contributed by atoms with van der Waals surface area (Å²) >= 11 is 11.9. The smallest absolute Gasteiger partial charge is 0.263 e. The average molecular weight is 402 g/mol. The summed E-state index contributed by atoms with van der Waals surface area (Å²) in [5.41, 5.74) is 0.376. The summed E-state index contributed by atoms with van der Waals surface area (Å²) in [6, 6.07) is 11.0. The van der Waals surface area contributed by atoms with Gasteiger partial charge in [0.2, 0.25) is 0 Å². The van der Waals surface area contributed by atoms with Crippen molar-refractivity contribution in [2.75, 3.05) is 17.9 Å². The Labute approximate surface area is 156 Å². The first-order chi connectivity index (χ1) is 11.9. The number of sulfonamides is 1. The molecule has 1 aliphatic heterocycles. The Balaban J connectivity index is 1.73. The lowest BCUT2D eigenvalue weighted by Gasteiger charge is -2.13. The fraction of sp³-hybridized carbons (Fsp3) is 0.294. The molecule has 1 fully saturated rings. The predicted molar refractivity (Wildman–Crippen MR) is 98.2 cm³/mol. The molecule has 1 heterocycles. The van der Waals surface area contributed by atoms with Crippen LogP contribution in [0.1, 0.15) is 12.8 Å². The van der Waals surface area contributed by atoms with E-state index in [1.165, 1.54) is 18.2 Å². The summed E-state index contributed by atoms with van der Waals surface area (Å²) in [5, 5.41) is 0.390. The minimum atomic E-state index is -3.86. The molecule has 8 heteroatoms. The number of rotatable bonds is 6. The SMILES string of the molecule is O=S(=O)(Nc1cccc(OC[C@H]2CCCO2)c1)c1cc(Cl)ccc1Cl. The highest BCUT2D eigenvalue weighted by Crippen LogP contribution is 2.28. The van der Waals surface area contributed by atoms with Crippen molar-refractivity contribution >= 4 is 38.9 Å². The number of ether oxygens (including phenoxy) is 2. The topological polar surface area (TPSA) is 64.6 Å². The van der Waals surface area contributed by atoms with E-state index < -0.39 is 10.0 Å². The van der Waals surface area contributed by atoms with Crippen LogP contribution in [-0.4, -0.2) is 27.7 Å². The Morgan fingerprint density at radius 2 is 2.04 bits per heavy atom. The third kappa shape index (κ3) is 4.79. The van der Waals surface area contributed by atoms with Gasteiger partial charge in [0.25, 0.3) is 10.0 Å². The first kappa shape index (κ1) is 18.3. The van der Waals surface area contributed by atoms with Crippen LogP contribution in [0.25, 0.3) is 0 Å². The second-order valence-corrected chi connectivity index (χ2v) is 8.15. The van der Waals surface area contributed by atoms with E-state index >= 15 is 0 Å². The molecule has 0 unspecified atom stereocenters. The van der Waals surface area contributed by atoms with Crippen molar-refractivity contribution in [2.24, 2.45) is 0 Å². The van der Waals surface area contributed by atoms with E-state index in [1.54, 1.807) is 24.3 Å². The molecule has 25 heavy (non-hydrogen) atoms. The molecule has 1 aliphatic rings. The summed E-state index contributed by atoms with van der Waals surface area (Å²) < 4.78 is 38.8. The van der Waals surface area contributed by atoms with E-state index in [1.807, 2.05) is 0 Å². The fourth-order valence-electron chi connectivity index (χ4n) is 2.51. The lowest BCUT2D eigenvalue weighted by Crippen LogP contribution is -2.16. The summed E-state index contributed by atoms with van der Waals surface area (Å²) in [5.74, 6) is 0.563. The molecule has 134 valence electrons. The van der Waals surface area contributed by atoms with E-state index in [-0.39, 0.29) is 16.0 Å². The highest BCUT2D eigenvalue weighted by Gasteiger charge is 2.19. The molecule has 0 amide bonds. The minimum Gasteiger partial charge on any atom is -0.491 e. The predicted octanol–water partition coefficient (Wildman–Crippen LogP) is 4.35. The van der Waals surface area contributed by atoms with Crippen molar-refractivity contribution in [3.05, 3.63) is 52.5 Å². The van der Waals surface area contributed by atoms with Crippen LogP contribution < -0.4 is 9.46 Å². The van der Waals surface area contributed by atoms with Crippen LogP contribution in [0, 0.1) is 0 Å². The Hall–Kier alpha value is -1.47. The van der Waals surface area contributed by atoms with Crippen molar-refractivity contribution in [3.8, 4) is 5.75 Å². The summed E-state index contributed by atoms with van der Waals surface area (Å²) in [6.07, 6.45) is 2.10. The fourth-order valence-corrected chi connectivity index (χ4v) is 4.32. The molecular weight excluding hydrogens is 385 g/mol. The molecule has 1 saturated heterocycles. The third-order valence-electron chi connectivity index (χ3n) is 3.73. The first-order valence-electron chi connectivity index (χ1n) is 7.76. The van der Waals surface area contributed by atoms with Gasteiger partial charge in [0.1, 0.15) is 17.3 Å². The van der Waals surface area contributed by atoms with Gasteiger partial charge in [-0.2, -0.15) is 0 Å². The molecule has 0 aromatic heterocycles. The molecule has 3 rings (SSSR count). The van der Waals surface area contributed by atoms with Crippen molar-refractivity contribution in [3.63, 3.8) is 0 Å². The number of benzene rings is 2. The number of halogens is 2. The van der Waals surface area contributed by atoms with Crippen LogP contribution in [-0.2, 0) is 14.8 Å². The Bertz CT molecular complexity index is 851. The average Bonchev–Trinajstić information content (AvgIpc) is 3.08. The van der Waals surface area contributed by atoms with Crippen molar-refractivity contribution in [2.45, 2.75) is 23.8 Å². The van der Waals surface area contributed by atoms with E-state index in [9.17, 15) is 8.42 Å². The third-order valence-corrected chi connectivity index (χ3v) is 5.83. The van der Waals surface area contributed by atoms with E-state index in [0.717, 1.165) is 19.4 Å². The van der Waals surface area contributed by atoms with Crippen LogP contribution in [0.3, 0.4) is 0 Å². The maximum Gasteiger partial charge on any atom is 0.263 e. The molecule has 2 aromatic carbocycles. The van der Waals surface area contributed by atoms with E-state index in [4.69, 9.17) is 32.7 Å². The molecule has 0 aliphatic carbocycles. The zero-order valence-corrected chi connectivity index (χ0v) is 15.6. The second-order valence-electron chi connectivity index (χ2n) is 5.65. The molecular formula is C17H17Cl2NO4S.